The molecule has 5 nitrogen and oxygen atoms in total. The summed E-state index contributed by atoms with van der Waals surface area (Å²) < 4.78 is 8.84. The summed E-state index contributed by atoms with van der Waals surface area (Å²) in [5.74, 6) is 0.330. The number of ether oxygens (including phenoxy) is 1. The van der Waals surface area contributed by atoms with Crippen molar-refractivity contribution >= 4 is 17.3 Å². The molecule has 0 amide bonds. The van der Waals surface area contributed by atoms with Gasteiger partial charge in [-0.15, -0.1) is 0 Å². The molecule has 2 rings (SSSR count). The smallest absolute Gasteiger partial charge is 0.225 e. The van der Waals surface area contributed by atoms with E-state index in [1.165, 1.54) is 19.5 Å². The Balaban J connectivity index is 2.29. The number of aromatic nitrogens is 3. The van der Waals surface area contributed by atoms with Gasteiger partial charge in [-0.3, -0.25) is 4.79 Å². The molecule has 0 aliphatic heterocycles. The first-order valence-electron chi connectivity index (χ1n) is 4.13. The summed E-state index contributed by atoms with van der Waals surface area (Å²) in [4.78, 5) is 12.4. The van der Waals surface area contributed by atoms with Crippen molar-refractivity contribution in [1.82, 2.24) is 14.6 Å². The van der Waals surface area contributed by atoms with E-state index in [4.69, 9.17) is 4.74 Å². The standard InChI is InChI=1S/C9H7N3O2S/c1-14-8-4-7(15-12-8)9(13)6-2-3-10-11-5-6/h2-5H,1H3. The van der Waals surface area contributed by atoms with E-state index in [2.05, 4.69) is 14.6 Å². The van der Waals surface area contributed by atoms with Crippen molar-refractivity contribution in [3.63, 3.8) is 0 Å². The topological polar surface area (TPSA) is 65.0 Å². The van der Waals surface area contributed by atoms with Gasteiger partial charge in [-0.2, -0.15) is 14.6 Å². The molecule has 0 N–H and O–H groups in total. The highest BCUT2D eigenvalue weighted by Gasteiger charge is 2.13. The molecule has 0 aliphatic rings. The average Bonchev–Trinajstić information content (AvgIpc) is 2.78. The van der Waals surface area contributed by atoms with Gasteiger partial charge in [0.05, 0.1) is 24.4 Å². The summed E-state index contributed by atoms with van der Waals surface area (Å²) >= 11 is 1.10. The van der Waals surface area contributed by atoms with Gasteiger partial charge in [-0.05, 0) is 17.6 Å². The zero-order valence-electron chi connectivity index (χ0n) is 7.88. The van der Waals surface area contributed by atoms with Gasteiger partial charge < -0.3 is 4.74 Å². The number of methoxy groups -OCH3 is 1. The van der Waals surface area contributed by atoms with Crippen LogP contribution in [0.25, 0.3) is 0 Å². The molecule has 76 valence electrons. The molecule has 0 spiro atoms. The number of hydrogen-bond acceptors (Lipinski definition) is 6. The minimum absolute atomic E-state index is 0.120. The third kappa shape index (κ3) is 1.99. The van der Waals surface area contributed by atoms with Crippen molar-refractivity contribution in [1.29, 1.82) is 0 Å². The third-order valence-electron chi connectivity index (χ3n) is 1.77. The molecule has 2 aromatic rings. The average molecular weight is 221 g/mol. The Bertz CT molecular complexity index is 469. The Morgan fingerprint density at radius 2 is 2.33 bits per heavy atom. The molecular weight excluding hydrogens is 214 g/mol. The van der Waals surface area contributed by atoms with Crippen molar-refractivity contribution in [3.8, 4) is 5.88 Å². The van der Waals surface area contributed by atoms with Gasteiger partial charge in [0.25, 0.3) is 0 Å². The molecule has 0 atom stereocenters. The Labute approximate surface area is 89.9 Å². The molecule has 6 heteroatoms. The van der Waals surface area contributed by atoms with Crippen LogP contribution in [0.1, 0.15) is 15.2 Å². The van der Waals surface area contributed by atoms with Crippen molar-refractivity contribution in [2.45, 2.75) is 0 Å². The van der Waals surface area contributed by atoms with Crippen LogP contribution in [0.5, 0.6) is 5.88 Å². The second-order valence-corrected chi connectivity index (χ2v) is 3.50. The SMILES string of the molecule is COc1cc(C(=O)c2ccnnc2)sn1. The number of rotatable bonds is 3. The minimum Gasteiger partial charge on any atom is -0.480 e. The lowest BCUT2D eigenvalue weighted by atomic mass is 10.2. The van der Waals surface area contributed by atoms with Crippen molar-refractivity contribution in [2.75, 3.05) is 7.11 Å². The highest BCUT2D eigenvalue weighted by molar-refractivity contribution is 7.08. The van der Waals surface area contributed by atoms with Crippen LogP contribution in [0, 0.1) is 0 Å². The minimum atomic E-state index is -0.120. The Kier molecular flexibility index (Phi) is 2.68. The highest BCUT2D eigenvalue weighted by atomic mass is 32.1. The van der Waals surface area contributed by atoms with E-state index in [0.717, 1.165) is 11.5 Å². The van der Waals surface area contributed by atoms with Gasteiger partial charge in [-0.25, -0.2) is 0 Å². The Hall–Kier alpha value is -1.82. The molecule has 0 fully saturated rings. The van der Waals surface area contributed by atoms with E-state index in [1.807, 2.05) is 0 Å². The first-order valence-corrected chi connectivity index (χ1v) is 4.90. The predicted octanol–water partition coefficient (Wildman–Crippen LogP) is 1.17. The maximum Gasteiger partial charge on any atom is 0.225 e. The van der Waals surface area contributed by atoms with Gasteiger partial charge in [0.1, 0.15) is 0 Å². The molecule has 0 unspecified atom stereocenters. The molecule has 15 heavy (non-hydrogen) atoms. The molecule has 2 aromatic heterocycles. The zero-order valence-corrected chi connectivity index (χ0v) is 8.69. The molecular formula is C9H7N3O2S. The van der Waals surface area contributed by atoms with Crippen LogP contribution in [0.4, 0.5) is 0 Å². The molecule has 0 aromatic carbocycles. The van der Waals surface area contributed by atoms with Gasteiger partial charge in [0, 0.05) is 11.6 Å². The molecule has 0 radical (unpaired) electrons. The lowest BCUT2D eigenvalue weighted by Crippen LogP contribution is -1.99. The maximum absolute atomic E-state index is 11.8. The van der Waals surface area contributed by atoms with Crippen LogP contribution in [0.3, 0.4) is 0 Å². The predicted molar refractivity (Wildman–Crippen MR) is 54.1 cm³/mol. The fraction of sp³-hybridized carbons (Fsp3) is 0.111. The zero-order chi connectivity index (χ0) is 10.7. The lowest BCUT2D eigenvalue weighted by molar-refractivity contribution is 0.104. The van der Waals surface area contributed by atoms with Crippen LogP contribution in [0.2, 0.25) is 0 Å². The number of nitrogens with zero attached hydrogens (tertiary/aromatic N) is 3. The molecule has 0 saturated carbocycles. The molecule has 2 heterocycles. The van der Waals surface area contributed by atoms with Gasteiger partial charge >= 0.3 is 0 Å². The van der Waals surface area contributed by atoms with E-state index < -0.39 is 0 Å². The van der Waals surface area contributed by atoms with Gasteiger partial charge in [0.15, 0.2) is 0 Å². The summed E-state index contributed by atoms with van der Waals surface area (Å²) in [5.41, 5.74) is 0.497. The van der Waals surface area contributed by atoms with Crippen LogP contribution in [-0.2, 0) is 0 Å². The van der Waals surface area contributed by atoms with E-state index >= 15 is 0 Å². The lowest BCUT2D eigenvalue weighted by Gasteiger charge is -1.93. The van der Waals surface area contributed by atoms with Gasteiger partial charge in [-0.1, -0.05) is 0 Å². The van der Waals surface area contributed by atoms with Crippen molar-refractivity contribution < 1.29 is 9.53 Å². The second-order valence-electron chi connectivity index (χ2n) is 2.69. The number of carbonyl (C=O) groups excluding carboxylic acids is 1. The molecule has 0 aliphatic carbocycles. The van der Waals surface area contributed by atoms with Crippen LogP contribution in [0.15, 0.2) is 24.5 Å². The van der Waals surface area contributed by atoms with Crippen molar-refractivity contribution in [3.05, 3.63) is 35.0 Å². The first-order chi connectivity index (χ1) is 7.31. The van der Waals surface area contributed by atoms with Crippen LogP contribution < -0.4 is 4.74 Å². The summed E-state index contributed by atoms with van der Waals surface area (Å²) in [6, 6.07) is 3.22. The summed E-state index contributed by atoms with van der Waals surface area (Å²) in [6.45, 7) is 0. The number of hydrogen-bond donors (Lipinski definition) is 0. The van der Waals surface area contributed by atoms with Crippen LogP contribution in [-0.4, -0.2) is 27.5 Å². The Morgan fingerprint density at radius 3 is 2.93 bits per heavy atom. The number of carbonyl (C=O) groups is 1. The fourth-order valence-corrected chi connectivity index (χ4v) is 1.70. The molecule has 0 saturated heterocycles. The molecule has 0 bridgehead atoms. The van der Waals surface area contributed by atoms with Gasteiger partial charge in [0.2, 0.25) is 11.7 Å². The van der Waals surface area contributed by atoms with E-state index in [1.54, 1.807) is 12.1 Å². The second kappa shape index (κ2) is 4.14. The summed E-state index contributed by atoms with van der Waals surface area (Å²) in [5, 5.41) is 7.24. The number of ketones is 1. The Morgan fingerprint density at radius 1 is 1.47 bits per heavy atom. The normalized spacial score (nSPS) is 9.93. The quantitative estimate of drug-likeness (QED) is 0.728. The monoisotopic (exact) mass is 221 g/mol. The fourth-order valence-electron chi connectivity index (χ4n) is 1.03. The van der Waals surface area contributed by atoms with E-state index in [-0.39, 0.29) is 5.78 Å². The first kappa shape index (κ1) is 9.72. The third-order valence-corrected chi connectivity index (χ3v) is 2.54. The summed E-state index contributed by atoms with van der Waals surface area (Å²) in [6.07, 6.45) is 2.90. The van der Waals surface area contributed by atoms with Crippen LogP contribution >= 0.6 is 11.5 Å². The summed E-state index contributed by atoms with van der Waals surface area (Å²) in [7, 11) is 1.51. The van der Waals surface area contributed by atoms with E-state index in [0.29, 0.717) is 16.3 Å². The largest absolute Gasteiger partial charge is 0.480 e. The maximum atomic E-state index is 11.8. The van der Waals surface area contributed by atoms with Crippen molar-refractivity contribution in [2.24, 2.45) is 0 Å². The van der Waals surface area contributed by atoms with E-state index in [9.17, 15) is 4.79 Å². The highest BCUT2D eigenvalue weighted by Crippen LogP contribution is 2.19.